The molecule has 0 amide bonds. The molecule has 101 valence electrons. The molecule has 0 N–H and O–H groups in total. The van der Waals surface area contributed by atoms with Crippen molar-refractivity contribution in [3.63, 3.8) is 0 Å². The SMILES string of the molecule is C=C/C=C\C1=C(C=C)[B]C(=C/C(C)C)/C(=C\C=C)C1=O. The van der Waals surface area contributed by atoms with Gasteiger partial charge in [-0.05, 0) is 5.92 Å². The smallest absolute Gasteiger partial charge is 0.192 e. The lowest BCUT2D eigenvalue weighted by Gasteiger charge is -2.21. The fourth-order valence-electron chi connectivity index (χ4n) is 2.02. The lowest BCUT2D eigenvalue weighted by molar-refractivity contribution is -0.111. The Morgan fingerprint density at radius 1 is 1.15 bits per heavy atom. The molecule has 1 rings (SSSR count). The first-order valence-electron chi connectivity index (χ1n) is 6.65. The largest absolute Gasteiger partial charge is 0.289 e. The highest BCUT2D eigenvalue weighted by Crippen LogP contribution is 2.27. The highest BCUT2D eigenvalue weighted by molar-refractivity contribution is 6.61. The average molecular weight is 263 g/mol. The number of rotatable bonds is 5. The van der Waals surface area contributed by atoms with Crippen molar-refractivity contribution >= 4 is 13.1 Å². The summed E-state index contributed by atoms with van der Waals surface area (Å²) in [6.07, 6.45) is 12.4. The lowest BCUT2D eigenvalue weighted by Crippen LogP contribution is -2.21. The van der Waals surface area contributed by atoms with E-state index in [4.69, 9.17) is 0 Å². The Bertz CT molecular complexity index is 554. The Balaban J connectivity index is 3.44. The summed E-state index contributed by atoms with van der Waals surface area (Å²) in [4.78, 5) is 12.6. The monoisotopic (exact) mass is 263 g/mol. The quantitative estimate of drug-likeness (QED) is 0.414. The predicted octanol–water partition coefficient (Wildman–Crippen LogP) is 4.11. The Labute approximate surface area is 122 Å². The molecule has 0 aromatic rings. The zero-order valence-electron chi connectivity index (χ0n) is 12.2. The van der Waals surface area contributed by atoms with Gasteiger partial charge in [-0.15, -0.1) is 0 Å². The predicted molar refractivity (Wildman–Crippen MR) is 88.5 cm³/mol. The Morgan fingerprint density at radius 3 is 2.35 bits per heavy atom. The van der Waals surface area contributed by atoms with Crippen molar-refractivity contribution in [2.75, 3.05) is 0 Å². The minimum absolute atomic E-state index is 0.00713. The fourth-order valence-corrected chi connectivity index (χ4v) is 2.02. The molecule has 1 heterocycles. The molecule has 0 aromatic carbocycles. The van der Waals surface area contributed by atoms with E-state index in [2.05, 4.69) is 39.7 Å². The minimum atomic E-state index is -0.00713. The second-order valence-corrected chi connectivity index (χ2v) is 4.82. The molecular formula is C18H20BO. The lowest BCUT2D eigenvalue weighted by atomic mass is 9.53. The number of Topliss-reactive ketones (excluding diaryl/α,β-unsaturated/α-hetero) is 1. The van der Waals surface area contributed by atoms with E-state index in [0.717, 1.165) is 10.9 Å². The average Bonchev–Trinajstić information content (AvgIpc) is 2.41. The number of ketones is 1. The molecule has 0 aliphatic carbocycles. The van der Waals surface area contributed by atoms with E-state index >= 15 is 0 Å². The summed E-state index contributed by atoms with van der Waals surface area (Å²) in [5, 5.41) is 0. The van der Waals surface area contributed by atoms with Crippen LogP contribution in [0.4, 0.5) is 0 Å². The zero-order chi connectivity index (χ0) is 15.1. The Morgan fingerprint density at radius 2 is 1.85 bits per heavy atom. The van der Waals surface area contributed by atoms with Crippen molar-refractivity contribution in [3.05, 3.63) is 84.4 Å². The fraction of sp³-hybridized carbons (Fsp3) is 0.167. The van der Waals surface area contributed by atoms with Gasteiger partial charge in [-0.2, -0.15) is 0 Å². The van der Waals surface area contributed by atoms with E-state index in [1.54, 1.807) is 36.5 Å². The van der Waals surface area contributed by atoms with E-state index in [9.17, 15) is 4.79 Å². The van der Waals surface area contributed by atoms with Gasteiger partial charge in [-0.3, -0.25) is 4.79 Å². The van der Waals surface area contributed by atoms with Crippen LogP contribution in [0.2, 0.25) is 0 Å². The van der Waals surface area contributed by atoms with Crippen LogP contribution in [0.15, 0.2) is 84.4 Å². The van der Waals surface area contributed by atoms with Crippen LogP contribution in [-0.4, -0.2) is 13.1 Å². The molecule has 1 aliphatic rings. The van der Waals surface area contributed by atoms with Crippen LogP contribution >= 0.6 is 0 Å². The van der Waals surface area contributed by atoms with E-state index in [1.165, 1.54) is 0 Å². The first kappa shape index (κ1) is 16.0. The molecule has 1 nitrogen and oxygen atoms in total. The van der Waals surface area contributed by atoms with Crippen LogP contribution in [-0.2, 0) is 4.79 Å². The molecule has 1 radical (unpaired) electrons. The summed E-state index contributed by atoms with van der Waals surface area (Å²) < 4.78 is 0. The third kappa shape index (κ3) is 3.70. The second kappa shape index (κ2) is 7.49. The number of allylic oxidation sites excluding steroid dienone is 11. The van der Waals surface area contributed by atoms with Gasteiger partial charge in [-0.25, -0.2) is 0 Å². The Hall–Kier alpha value is -2.09. The molecule has 0 spiro atoms. The highest BCUT2D eigenvalue weighted by Gasteiger charge is 2.25. The topological polar surface area (TPSA) is 17.1 Å². The van der Waals surface area contributed by atoms with Crippen LogP contribution in [0, 0.1) is 5.92 Å². The molecule has 0 saturated heterocycles. The molecular weight excluding hydrogens is 243 g/mol. The van der Waals surface area contributed by atoms with E-state index in [-0.39, 0.29) is 5.78 Å². The van der Waals surface area contributed by atoms with Gasteiger partial charge in [0.15, 0.2) is 13.1 Å². The second-order valence-electron chi connectivity index (χ2n) is 4.82. The minimum Gasteiger partial charge on any atom is -0.289 e. The van der Waals surface area contributed by atoms with E-state index in [1.807, 2.05) is 7.28 Å². The summed E-state index contributed by atoms with van der Waals surface area (Å²) >= 11 is 0. The molecule has 1 aliphatic heterocycles. The van der Waals surface area contributed by atoms with Crippen molar-refractivity contribution in [3.8, 4) is 0 Å². The maximum absolute atomic E-state index is 12.6. The van der Waals surface area contributed by atoms with Gasteiger partial charge < -0.3 is 0 Å². The summed E-state index contributed by atoms with van der Waals surface area (Å²) in [6, 6.07) is 0. The molecule has 0 fully saturated rings. The van der Waals surface area contributed by atoms with Gasteiger partial charge in [0.2, 0.25) is 0 Å². The number of hydrogen-bond acceptors (Lipinski definition) is 1. The van der Waals surface area contributed by atoms with Crippen LogP contribution in [0.3, 0.4) is 0 Å². The van der Waals surface area contributed by atoms with Crippen LogP contribution in [0.5, 0.6) is 0 Å². The zero-order valence-corrected chi connectivity index (χ0v) is 12.2. The Kier molecular flexibility index (Phi) is 5.98. The normalized spacial score (nSPS) is 19.9. The van der Waals surface area contributed by atoms with Crippen LogP contribution < -0.4 is 0 Å². The maximum atomic E-state index is 12.6. The van der Waals surface area contributed by atoms with Gasteiger partial charge in [0.05, 0.1) is 0 Å². The van der Waals surface area contributed by atoms with Crippen LogP contribution in [0.1, 0.15) is 13.8 Å². The number of carbonyl (C=O) groups excluding carboxylic acids is 1. The third-order valence-corrected chi connectivity index (χ3v) is 2.84. The van der Waals surface area contributed by atoms with Crippen molar-refractivity contribution in [1.82, 2.24) is 0 Å². The summed E-state index contributed by atoms with van der Waals surface area (Å²) in [5.74, 6) is 0.353. The molecule has 0 atom stereocenters. The van der Waals surface area contributed by atoms with Crippen molar-refractivity contribution < 1.29 is 4.79 Å². The molecule has 0 saturated carbocycles. The van der Waals surface area contributed by atoms with Crippen molar-refractivity contribution in [1.29, 1.82) is 0 Å². The van der Waals surface area contributed by atoms with Gasteiger partial charge >= 0.3 is 0 Å². The molecule has 0 bridgehead atoms. The summed E-state index contributed by atoms with van der Waals surface area (Å²) in [6.45, 7) is 15.3. The molecule has 20 heavy (non-hydrogen) atoms. The first-order chi connectivity index (χ1) is 9.54. The highest BCUT2D eigenvalue weighted by atomic mass is 16.1. The van der Waals surface area contributed by atoms with Crippen molar-refractivity contribution in [2.24, 2.45) is 5.92 Å². The first-order valence-corrected chi connectivity index (χ1v) is 6.65. The van der Waals surface area contributed by atoms with Crippen LogP contribution in [0.25, 0.3) is 0 Å². The van der Waals surface area contributed by atoms with E-state index in [0.29, 0.717) is 17.1 Å². The van der Waals surface area contributed by atoms with Gasteiger partial charge in [0, 0.05) is 11.1 Å². The number of carbonyl (C=O) groups is 1. The molecule has 0 unspecified atom stereocenters. The van der Waals surface area contributed by atoms with Gasteiger partial charge in [-0.1, -0.05) is 87.1 Å². The third-order valence-electron chi connectivity index (χ3n) is 2.84. The standard InChI is InChI=1S/C18H20BO/c1-6-9-11-15-16(8-3)19-17(12-13(4)5)14(10-7-2)18(15)20/h6-13H,1-3H2,4-5H3/b11-9-,14-10+,17-12+. The maximum Gasteiger partial charge on any atom is 0.192 e. The van der Waals surface area contributed by atoms with Gasteiger partial charge in [0.25, 0.3) is 0 Å². The molecule has 2 heteroatoms. The van der Waals surface area contributed by atoms with Gasteiger partial charge in [0.1, 0.15) is 0 Å². The van der Waals surface area contributed by atoms with E-state index < -0.39 is 0 Å². The van der Waals surface area contributed by atoms with Crippen molar-refractivity contribution in [2.45, 2.75) is 13.8 Å². The number of hydrogen-bond donors (Lipinski definition) is 0. The summed E-state index contributed by atoms with van der Waals surface area (Å²) in [7, 11) is 1.99. The molecule has 0 aromatic heterocycles. The summed E-state index contributed by atoms with van der Waals surface area (Å²) in [5.41, 5.74) is 3.06.